The summed E-state index contributed by atoms with van der Waals surface area (Å²) in [7, 11) is 0. The maximum atomic E-state index is 14.8. The lowest BCUT2D eigenvalue weighted by atomic mass is 9.77. The smallest absolute Gasteiger partial charge is 0.255 e. The third kappa shape index (κ3) is 5.41. The van der Waals surface area contributed by atoms with Crippen molar-refractivity contribution in [1.82, 2.24) is 15.1 Å². The minimum absolute atomic E-state index is 0.133. The second-order valence-electron chi connectivity index (χ2n) is 11.3. The molecule has 0 aliphatic carbocycles. The third-order valence-corrected chi connectivity index (χ3v) is 9.85. The summed E-state index contributed by atoms with van der Waals surface area (Å²) in [5.41, 5.74) is 3.40. The molecule has 2 aliphatic rings. The number of Topliss-reactive ketones (excluding diaryl/α,β-unsaturated/α-hetero) is 1. The van der Waals surface area contributed by atoms with Crippen LogP contribution in [0.2, 0.25) is 0 Å². The van der Waals surface area contributed by atoms with Crippen molar-refractivity contribution < 1.29 is 18.8 Å². The van der Waals surface area contributed by atoms with Crippen LogP contribution >= 0.6 is 11.3 Å². The molecule has 3 heterocycles. The highest BCUT2D eigenvalue weighted by Gasteiger charge is 2.59. The zero-order chi connectivity index (χ0) is 30.1. The molecule has 6 nitrogen and oxygen atoms in total. The van der Waals surface area contributed by atoms with Gasteiger partial charge in [0.25, 0.3) is 5.91 Å². The van der Waals surface area contributed by atoms with Crippen LogP contribution in [0.1, 0.15) is 54.2 Å². The Kier molecular flexibility index (Phi) is 8.23. The lowest BCUT2D eigenvalue weighted by Gasteiger charge is -2.36. The summed E-state index contributed by atoms with van der Waals surface area (Å²) in [4.78, 5) is 48.5. The van der Waals surface area contributed by atoms with Gasteiger partial charge in [-0.1, -0.05) is 54.6 Å². The summed E-state index contributed by atoms with van der Waals surface area (Å²) in [6, 6.07) is 22.6. The molecule has 0 radical (unpaired) electrons. The van der Waals surface area contributed by atoms with Crippen LogP contribution in [0, 0.1) is 25.6 Å². The average molecular weight is 596 g/mol. The van der Waals surface area contributed by atoms with E-state index >= 15 is 0 Å². The molecule has 4 aromatic rings. The fourth-order valence-corrected chi connectivity index (χ4v) is 7.74. The van der Waals surface area contributed by atoms with Gasteiger partial charge in [-0.3, -0.25) is 14.4 Å². The van der Waals surface area contributed by atoms with E-state index in [1.807, 2.05) is 60.5 Å². The number of piperazine rings is 1. The second-order valence-corrected chi connectivity index (χ2v) is 12.2. The van der Waals surface area contributed by atoms with Gasteiger partial charge in [-0.2, -0.15) is 0 Å². The number of nitrogens with one attached hydrogen (secondary N) is 1. The number of amides is 2. The maximum Gasteiger partial charge on any atom is 0.255 e. The molecule has 220 valence electrons. The molecule has 2 fully saturated rings. The molecular weight excluding hydrogens is 561 g/mol. The van der Waals surface area contributed by atoms with E-state index in [1.165, 1.54) is 23.5 Å². The van der Waals surface area contributed by atoms with Crippen molar-refractivity contribution in [3.8, 4) is 0 Å². The standard InChI is InChI=1S/C35H34FN3O3S/c1-22-8-6-7-11-27(22)32(40)28-29(33-23(2)16-21-43-33)31(35(42)38-19-17-37-18-20-38)39(34(41)25-9-4-3-5-10-25)30(28)24-12-14-26(36)15-13-24/h3-16,21,28-31,37H,17-20H2,1-2H3. The minimum Gasteiger partial charge on any atom is -0.338 e. The van der Waals surface area contributed by atoms with Crippen LogP contribution in [0.5, 0.6) is 0 Å². The van der Waals surface area contributed by atoms with Crippen LogP contribution in [0.25, 0.3) is 0 Å². The van der Waals surface area contributed by atoms with Crippen molar-refractivity contribution in [3.05, 3.63) is 129 Å². The van der Waals surface area contributed by atoms with Crippen LogP contribution in [0.15, 0.2) is 90.3 Å². The Labute approximate surface area is 255 Å². The van der Waals surface area contributed by atoms with E-state index in [4.69, 9.17) is 0 Å². The highest BCUT2D eigenvalue weighted by Crippen LogP contribution is 2.54. The molecule has 6 rings (SSSR count). The summed E-state index contributed by atoms with van der Waals surface area (Å²) < 4.78 is 14.3. The van der Waals surface area contributed by atoms with E-state index in [2.05, 4.69) is 5.32 Å². The molecule has 3 aromatic carbocycles. The van der Waals surface area contributed by atoms with Gasteiger partial charge in [0.15, 0.2) is 5.78 Å². The fraction of sp³-hybridized carbons (Fsp3) is 0.286. The minimum atomic E-state index is -0.934. The molecule has 1 aromatic heterocycles. The molecule has 2 amide bonds. The van der Waals surface area contributed by atoms with Crippen LogP contribution < -0.4 is 5.32 Å². The molecule has 4 atom stereocenters. The number of rotatable bonds is 6. The van der Waals surface area contributed by atoms with Gasteiger partial charge in [0.05, 0.1) is 12.0 Å². The first kappa shape index (κ1) is 29.0. The quantitative estimate of drug-likeness (QED) is 0.287. The first-order chi connectivity index (χ1) is 20.9. The van der Waals surface area contributed by atoms with Crippen molar-refractivity contribution in [1.29, 1.82) is 0 Å². The van der Waals surface area contributed by atoms with E-state index < -0.39 is 29.7 Å². The van der Waals surface area contributed by atoms with Crippen molar-refractivity contribution in [2.45, 2.75) is 31.8 Å². The fourth-order valence-electron chi connectivity index (χ4n) is 6.63. The Balaban J connectivity index is 1.62. The average Bonchev–Trinajstić information content (AvgIpc) is 3.62. The Hall–Kier alpha value is -4.14. The summed E-state index contributed by atoms with van der Waals surface area (Å²) >= 11 is 1.51. The molecule has 2 saturated heterocycles. The first-order valence-electron chi connectivity index (χ1n) is 14.6. The number of thiophene rings is 1. The van der Waals surface area contributed by atoms with Gasteiger partial charge >= 0.3 is 0 Å². The van der Waals surface area contributed by atoms with E-state index in [0.717, 1.165) is 16.0 Å². The normalized spacial score (nSPS) is 22.0. The predicted molar refractivity (Wildman–Crippen MR) is 166 cm³/mol. The van der Waals surface area contributed by atoms with Crippen LogP contribution in [-0.2, 0) is 4.79 Å². The SMILES string of the molecule is Cc1ccccc1C(=O)C1C(c2sccc2C)C(C(=O)N2CCNCC2)N(C(=O)c2ccccc2)C1c1ccc(F)cc1. The summed E-state index contributed by atoms with van der Waals surface area (Å²) in [5.74, 6) is -2.43. The van der Waals surface area contributed by atoms with Gasteiger partial charge in [0, 0.05) is 48.1 Å². The highest BCUT2D eigenvalue weighted by atomic mass is 32.1. The van der Waals surface area contributed by atoms with Gasteiger partial charge in [-0.25, -0.2) is 4.39 Å². The highest BCUT2D eigenvalue weighted by molar-refractivity contribution is 7.10. The molecule has 0 saturated carbocycles. The molecule has 0 spiro atoms. The third-order valence-electron chi connectivity index (χ3n) is 8.73. The Bertz CT molecular complexity index is 1630. The summed E-state index contributed by atoms with van der Waals surface area (Å²) in [6.07, 6.45) is 0. The van der Waals surface area contributed by atoms with E-state index in [-0.39, 0.29) is 17.6 Å². The summed E-state index contributed by atoms with van der Waals surface area (Å²) in [6.45, 7) is 6.22. The lowest BCUT2D eigenvalue weighted by Crippen LogP contribution is -2.54. The number of halogens is 1. The van der Waals surface area contributed by atoms with Gasteiger partial charge in [-0.15, -0.1) is 11.3 Å². The Morgan fingerprint density at radius 3 is 2.16 bits per heavy atom. The number of aryl methyl sites for hydroxylation is 2. The van der Waals surface area contributed by atoms with Gasteiger partial charge < -0.3 is 15.1 Å². The Morgan fingerprint density at radius 1 is 0.837 bits per heavy atom. The molecule has 43 heavy (non-hydrogen) atoms. The number of hydrogen-bond acceptors (Lipinski definition) is 5. The molecule has 0 bridgehead atoms. The first-order valence-corrected chi connectivity index (χ1v) is 15.5. The van der Waals surface area contributed by atoms with Gasteiger partial charge in [0.2, 0.25) is 5.91 Å². The van der Waals surface area contributed by atoms with Crippen LogP contribution in [0.4, 0.5) is 4.39 Å². The number of nitrogens with zero attached hydrogens (tertiary/aromatic N) is 2. The number of carbonyl (C=O) groups excluding carboxylic acids is 3. The van der Waals surface area contributed by atoms with Crippen molar-refractivity contribution in [2.75, 3.05) is 26.2 Å². The molecule has 8 heteroatoms. The number of likely N-dealkylation sites (tertiary alicyclic amines) is 1. The maximum absolute atomic E-state index is 14.8. The van der Waals surface area contributed by atoms with Crippen molar-refractivity contribution in [3.63, 3.8) is 0 Å². The number of ketones is 1. The van der Waals surface area contributed by atoms with Crippen LogP contribution in [-0.4, -0.2) is 59.6 Å². The molecule has 4 unspecified atom stereocenters. The monoisotopic (exact) mass is 595 g/mol. The van der Waals surface area contributed by atoms with E-state index in [9.17, 15) is 18.8 Å². The zero-order valence-corrected chi connectivity index (χ0v) is 25.0. The summed E-state index contributed by atoms with van der Waals surface area (Å²) in [5, 5.41) is 5.27. The van der Waals surface area contributed by atoms with Crippen LogP contribution in [0.3, 0.4) is 0 Å². The lowest BCUT2D eigenvalue weighted by molar-refractivity contribution is -0.136. The number of hydrogen-bond donors (Lipinski definition) is 1. The van der Waals surface area contributed by atoms with Crippen molar-refractivity contribution in [2.24, 2.45) is 5.92 Å². The van der Waals surface area contributed by atoms with E-state index in [1.54, 1.807) is 41.3 Å². The number of carbonyl (C=O) groups is 3. The molecule has 1 N–H and O–H groups in total. The topological polar surface area (TPSA) is 69.7 Å². The van der Waals surface area contributed by atoms with Gasteiger partial charge in [-0.05, 0) is 66.2 Å². The largest absolute Gasteiger partial charge is 0.338 e. The molecule has 2 aliphatic heterocycles. The van der Waals surface area contributed by atoms with Crippen molar-refractivity contribution >= 4 is 28.9 Å². The Morgan fingerprint density at radius 2 is 1.51 bits per heavy atom. The molecular formula is C35H34FN3O3S. The second kappa shape index (κ2) is 12.2. The van der Waals surface area contributed by atoms with E-state index in [0.29, 0.717) is 42.9 Å². The van der Waals surface area contributed by atoms with Gasteiger partial charge in [0.1, 0.15) is 11.9 Å². The predicted octanol–water partition coefficient (Wildman–Crippen LogP) is 5.78. The number of benzene rings is 3. The zero-order valence-electron chi connectivity index (χ0n) is 24.2.